The average molecular weight is 352 g/mol. The van der Waals surface area contributed by atoms with Crippen LogP contribution in [0.4, 0.5) is 0 Å². The number of pyridine rings is 1. The van der Waals surface area contributed by atoms with E-state index in [0.29, 0.717) is 23.7 Å². The molecule has 0 fully saturated rings. The quantitative estimate of drug-likeness (QED) is 0.577. The molecule has 0 atom stereocenters. The third-order valence-corrected chi connectivity index (χ3v) is 3.95. The highest BCUT2D eigenvalue weighted by Crippen LogP contribution is 2.23. The van der Waals surface area contributed by atoms with Gasteiger partial charge in [0.1, 0.15) is 5.75 Å². The lowest BCUT2D eigenvalue weighted by molar-refractivity contribution is 0.101. The van der Waals surface area contributed by atoms with Crippen molar-refractivity contribution in [3.05, 3.63) is 52.6 Å². The molecule has 0 aliphatic carbocycles. The summed E-state index contributed by atoms with van der Waals surface area (Å²) in [7, 11) is 0. The molecule has 0 radical (unpaired) electrons. The van der Waals surface area contributed by atoms with Crippen LogP contribution in [0.1, 0.15) is 17.3 Å². The number of carbonyl (C=O) groups excluding carboxylic acids is 1. The van der Waals surface area contributed by atoms with Crippen LogP contribution in [-0.2, 0) is 0 Å². The summed E-state index contributed by atoms with van der Waals surface area (Å²) in [5.41, 5.74) is 0.624. The first-order chi connectivity index (χ1) is 9.70. The summed E-state index contributed by atoms with van der Waals surface area (Å²) in [5, 5.41) is 0.829. The molecule has 0 aliphatic rings. The molecule has 1 heterocycles. The van der Waals surface area contributed by atoms with E-state index in [-0.39, 0.29) is 5.78 Å². The van der Waals surface area contributed by atoms with Gasteiger partial charge in [-0.3, -0.25) is 4.79 Å². The zero-order valence-electron chi connectivity index (χ0n) is 11.0. The van der Waals surface area contributed by atoms with Crippen molar-refractivity contribution in [3.8, 4) is 5.75 Å². The maximum Gasteiger partial charge on any atom is 0.176 e. The number of benzene rings is 1. The van der Waals surface area contributed by atoms with Crippen LogP contribution in [0.5, 0.6) is 5.75 Å². The molecule has 0 spiro atoms. The maximum atomic E-state index is 12.2. The third-order valence-electron chi connectivity index (χ3n) is 2.54. The number of hydrogen-bond acceptors (Lipinski definition) is 4. The number of ether oxygens (including phenoxy) is 1. The zero-order chi connectivity index (χ0) is 14.4. The monoisotopic (exact) mass is 351 g/mol. The molecule has 5 heteroatoms. The van der Waals surface area contributed by atoms with Gasteiger partial charge in [-0.1, -0.05) is 23.9 Å². The third kappa shape index (κ3) is 4.08. The normalized spacial score (nSPS) is 10.3. The van der Waals surface area contributed by atoms with Crippen LogP contribution < -0.4 is 4.74 Å². The summed E-state index contributed by atoms with van der Waals surface area (Å²) in [6.45, 7) is 2.45. The predicted octanol–water partition coefficient (Wildman–Crippen LogP) is 4.22. The van der Waals surface area contributed by atoms with Crippen molar-refractivity contribution < 1.29 is 9.53 Å². The molecule has 0 amide bonds. The van der Waals surface area contributed by atoms with Gasteiger partial charge in [-0.25, -0.2) is 4.98 Å². The van der Waals surface area contributed by atoms with Crippen molar-refractivity contribution in [2.24, 2.45) is 0 Å². The molecule has 0 saturated carbocycles. The minimum atomic E-state index is 0.0452. The lowest BCUT2D eigenvalue weighted by atomic mass is 10.1. The number of ketones is 1. The first kappa shape index (κ1) is 15.1. The van der Waals surface area contributed by atoms with Crippen LogP contribution in [-0.4, -0.2) is 23.1 Å². The van der Waals surface area contributed by atoms with E-state index in [1.54, 1.807) is 12.3 Å². The van der Waals surface area contributed by atoms with E-state index in [9.17, 15) is 4.79 Å². The highest BCUT2D eigenvalue weighted by molar-refractivity contribution is 9.10. The van der Waals surface area contributed by atoms with Gasteiger partial charge in [0.05, 0.1) is 22.9 Å². The lowest BCUT2D eigenvalue weighted by Gasteiger charge is -2.08. The van der Waals surface area contributed by atoms with Gasteiger partial charge in [-0.15, -0.1) is 0 Å². The topological polar surface area (TPSA) is 39.2 Å². The van der Waals surface area contributed by atoms with Crippen molar-refractivity contribution >= 4 is 33.5 Å². The second-order valence-corrected chi connectivity index (χ2v) is 5.87. The Morgan fingerprint density at radius 2 is 2.10 bits per heavy atom. The smallest absolute Gasteiger partial charge is 0.176 e. The van der Waals surface area contributed by atoms with Gasteiger partial charge in [0.25, 0.3) is 0 Å². The number of para-hydroxylation sites is 1. The number of hydrogen-bond donors (Lipinski definition) is 0. The highest BCUT2D eigenvalue weighted by atomic mass is 79.9. The van der Waals surface area contributed by atoms with Crippen molar-refractivity contribution in [1.29, 1.82) is 0 Å². The minimum absolute atomic E-state index is 0.0452. The van der Waals surface area contributed by atoms with E-state index in [1.165, 1.54) is 11.8 Å². The Kier molecular flexibility index (Phi) is 5.61. The summed E-state index contributed by atoms with van der Waals surface area (Å²) >= 11 is 4.76. The molecule has 3 nitrogen and oxygen atoms in total. The van der Waals surface area contributed by atoms with Gasteiger partial charge >= 0.3 is 0 Å². The van der Waals surface area contributed by atoms with Gasteiger partial charge in [0.15, 0.2) is 5.78 Å². The molecule has 2 rings (SSSR count). The molecule has 1 aromatic heterocycles. The van der Waals surface area contributed by atoms with E-state index in [4.69, 9.17) is 4.74 Å². The summed E-state index contributed by atoms with van der Waals surface area (Å²) in [5.74, 6) is 1.03. The molecular weight excluding hydrogens is 338 g/mol. The molecule has 1 aromatic carbocycles. The number of aromatic nitrogens is 1. The fourth-order valence-electron chi connectivity index (χ4n) is 1.64. The first-order valence-corrected chi connectivity index (χ1v) is 7.98. The predicted molar refractivity (Wildman–Crippen MR) is 84.6 cm³/mol. The average Bonchev–Trinajstić information content (AvgIpc) is 2.47. The van der Waals surface area contributed by atoms with E-state index in [0.717, 1.165) is 9.50 Å². The van der Waals surface area contributed by atoms with E-state index in [2.05, 4.69) is 20.9 Å². The minimum Gasteiger partial charge on any atom is -0.493 e. The Hall–Kier alpha value is -1.33. The van der Waals surface area contributed by atoms with Crippen LogP contribution in [0.3, 0.4) is 0 Å². The summed E-state index contributed by atoms with van der Waals surface area (Å²) < 4.78 is 6.40. The van der Waals surface area contributed by atoms with Crippen LogP contribution in [0.15, 0.2) is 52.1 Å². The molecule has 2 aromatic rings. The Morgan fingerprint density at radius 1 is 1.30 bits per heavy atom. The van der Waals surface area contributed by atoms with Crippen LogP contribution in [0, 0.1) is 0 Å². The molecule has 104 valence electrons. The SMILES string of the molecule is CCOc1ccccc1C(=O)CSc1ccc(Br)cn1. The molecule has 0 saturated heterocycles. The van der Waals surface area contributed by atoms with Gasteiger partial charge in [0.2, 0.25) is 0 Å². The van der Waals surface area contributed by atoms with Crippen LogP contribution in [0.25, 0.3) is 0 Å². The fourth-order valence-corrected chi connectivity index (χ4v) is 2.60. The van der Waals surface area contributed by atoms with Crippen molar-refractivity contribution in [3.63, 3.8) is 0 Å². The Balaban J connectivity index is 2.03. The fraction of sp³-hybridized carbons (Fsp3) is 0.200. The molecule has 0 bridgehead atoms. The Morgan fingerprint density at radius 3 is 2.80 bits per heavy atom. The maximum absolute atomic E-state index is 12.2. The summed E-state index contributed by atoms with van der Waals surface area (Å²) in [6.07, 6.45) is 1.72. The van der Waals surface area contributed by atoms with Crippen LogP contribution >= 0.6 is 27.7 Å². The lowest BCUT2D eigenvalue weighted by Crippen LogP contribution is -2.06. The van der Waals surface area contributed by atoms with E-state index < -0.39 is 0 Å². The van der Waals surface area contributed by atoms with E-state index >= 15 is 0 Å². The number of thioether (sulfide) groups is 1. The number of halogens is 1. The molecule has 0 aliphatic heterocycles. The van der Waals surface area contributed by atoms with Gasteiger partial charge in [0, 0.05) is 10.7 Å². The second-order valence-electron chi connectivity index (χ2n) is 3.96. The number of rotatable bonds is 6. The first-order valence-electron chi connectivity index (χ1n) is 6.20. The molecular formula is C15H14BrNO2S. The largest absolute Gasteiger partial charge is 0.493 e. The molecule has 0 N–H and O–H groups in total. The van der Waals surface area contributed by atoms with Crippen molar-refractivity contribution in [1.82, 2.24) is 4.98 Å². The summed E-state index contributed by atoms with van der Waals surface area (Å²) in [6, 6.07) is 11.1. The van der Waals surface area contributed by atoms with Crippen molar-refractivity contribution in [2.45, 2.75) is 11.9 Å². The highest BCUT2D eigenvalue weighted by Gasteiger charge is 2.12. The number of carbonyl (C=O) groups is 1. The molecule has 20 heavy (non-hydrogen) atoms. The van der Waals surface area contributed by atoms with Crippen LogP contribution in [0.2, 0.25) is 0 Å². The van der Waals surface area contributed by atoms with Crippen molar-refractivity contribution in [2.75, 3.05) is 12.4 Å². The zero-order valence-corrected chi connectivity index (χ0v) is 13.4. The van der Waals surface area contributed by atoms with E-state index in [1.807, 2.05) is 37.3 Å². The second kappa shape index (κ2) is 7.45. The van der Waals surface area contributed by atoms with Gasteiger partial charge < -0.3 is 4.74 Å². The Bertz CT molecular complexity index is 587. The Labute approximate surface area is 130 Å². The van der Waals surface area contributed by atoms with Gasteiger partial charge in [-0.05, 0) is 47.1 Å². The summed E-state index contributed by atoms with van der Waals surface area (Å²) in [4.78, 5) is 16.5. The van der Waals surface area contributed by atoms with Gasteiger partial charge in [-0.2, -0.15) is 0 Å². The number of Topliss-reactive ketones (excluding diaryl/α,β-unsaturated/α-hetero) is 1. The molecule has 0 unspecified atom stereocenters. The number of nitrogens with zero attached hydrogens (tertiary/aromatic N) is 1. The standard InChI is InChI=1S/C15H14BrNO2S/c1-2-19-14-6-4-3-5-12(14)13(18)10-20-15-8-7-11(16)9-17-15/h3-9H,2,10H2,1H3.